The van der Waals surface area contributed by atoms with Crippen LogP contribution >= 0.6 is 15.9 Å². The largest absolute Gasteiger partial charge is 0.368 e. The molecule has 0 unspecified atom stereocenters. The molecule has 3 N–H and O–H groups in total. The molecule has 1 aromatic carbocycles. The topological polar surface area (TPSA) is 61.6 Å². The fraction of sp³-hybridized carbons (Fsp3) is 0.500. The van der Waals surface area contributed by atoms with Gasteiger partial charge in [-0.2, -0.15) is 0 Å². The van der Waals surface area contributed by atoms with Gasteiger partial charge in [0.15, 0.2) is 0 Å². The zero-order valence-corrected chi connectivity index (χ0v) is 12.9. The molecule has 20 heavy (non-hydrogen) atoms. The number of nitrogens with one attached hydrogen (secondary N) is 1. The Morgan fingerprint density at radius 2 is 2.00 bits per heavy atom. The third-order valence-electron chi connectivity index (χ3n) is 4.10. The van der Waals surface area contributed by atoms with Crippen LogP contribution in [0.1, 0.15) is 10.4 Å². The molecule has 0 saturated carbocycles. The Hall–Kier alpha value is -1.11. The third kappa shape index (κ3) is 2.68. The van der Waals surface area contributed by atoms with Crippen LogP contribution in [0.2, 0.25) is 0 Å². The molecule has 0 bridgehead atoms. The van der Waals surface area contributed by atoms with Gasteiger partial charge >= 0.3 is 0 Å². The number of hydrogen-bond donors (Lipinski definition) is 2. The van der Waals surface area contributed by atoms with Crippen molar-refractivity contribution in [1.29, 1.82) is 0 Å². The molecular formula is C14H19BrN4O. The van der Waals surface area contributed by atoms with E-state index >= 15 is 0 Å². The minimum absolute atomic E-state index is 0.369. The number of hydrogen-bond acceptors (Lipinski definition) is 4. The predicted octanol–water partition coefficient (Wildman–Crippen LogP) is 0.642. The van der Waals surface area contributed by atoms with Crippen molar-refractivity contribution in [3.8, 4) is 0 Å². The van der Waals surface area contributed by atoms with Crippen molar-refractivity contribution >= 4 is 27.5 Å². The van der Waals surface area contributed by atoms with Gasteiger partial charge in [-0.15, -0.1) is 0 Å². The number of amides is 1. The van der Waals surface area contributed by atoms with E-state index in [-0.39, 0.29) is 5.91 Å². The summed E-state index contributed by atoms with van der Waals surface area (Å²) in [5.74, 6) is -0.369. The van der Waals surface area contributed by atoms with Gasteiger partial charge in [0.2, 0.25) is 0 Å². The standard InChI is InChI=1S/C14H19BrN4O/c15-10-1-2-13(12(7-10)14(16)20)19-8-11(9-19)18-5-3-17-4-6-18/h1-2,7,11,17H,3-6,8-9H2,(H2,16,20). The smallest absolute Gasteiger partial charge is 0.250 e. The number of benzene rings is 1. The molecule has 2 aliphatic rings. The molecule has 108 valence electrons. The number of carbonyl (C=O) groups is 1. The van der Waals surface area contributed by atoms with E-state index in [1.54, 1.807) is 6.07 Å². The molecule has 1 aromatic rings. The van der Waals surface area contributed by atoms with Crippen molar-refractivity contribution in [2.24, 2.45) is 5.73 Å². The van der Waals surface area contributed by atoms with E-state index in [2.05, 4.69) is 31.0 Å². The average Bonchev–Trinajstić information content (AvgIpc) is 2.39. The summed E-state index contributed by atoms with van der Waals surface area (Å²) in [6.45, 7) is 6.31. The van der Waals surface area contributed by atoms with E-state index in [0.717, 1.165) is 49.4 Å². The zero-order chi connectivity index (χ0) is 14.1. The average molecular weight is 339 g/mol. The van der Waals surface area contributed by atoms with Crippen molar-refractivity contribution in [1.82, 2.24) is 10.2 Å². The quantitative estimate of drug-likeness (QED) is 0.849. The third-order valence-corrected chi connectivity index (χ3v) is 4.59. The van der Waals surface area contributed by atoms with Crippen LogP contribution in [-0.4, -0.2) is 56.1 Å². The van der Waals surface area contributed by atoms with Gasteiger partial charge < -0.3 is 16.0 Å². The molecule has 0 atom stereocenters. The first-order chi connectivity index (χ1) is 9.65. The number of carbonyl (C=O) groups excluding carboxylic acids is 1. The first kappa shape index (κ1) is 13.9. The zero-order valence-electron chi connectivity index (χ0n) is 11.3. The van der Waals surface area contributed by atoms with Gasteiger partial charge in [-0.25, -0.2) is 0 Å². The molecule has 2 saturated heterocycles. The Bertz CT molecular complexity index is 510. The first-order valence-electron chi connectivity index (χ1n) is 6.94. The second kappa shape index (κ2) is 5.71. The Kier molecular flexibility index (Phi) is 3.96. The number of nitrogens with zero attached hydrogens (tertiary/aromatic N) is 2. The van der Waals surface area contributed by atoms with Crippen molar-refractivity contribution < 1.29 is 4.79 Å². The lowest BCUT2D eigenvalue weighted by Gasteiger charge is -2.48. The highest BCUT2D eigenvalue weighted by Crippen LogP contribution is 2.29. The molecule has 2 heterocycles. The number of halogens is 1. The van der Waals surface area contributed by atoms with Gasteiger partial charge in [0, 0.05) is 55.5 Å². The van der Waals surface area contributed by atoms with Crippen LogP contribution in [0, 0.1) is 0 Å². The summed E-state index contributed by atoms with van der Waals surface area (Å²) in [5.41, 5.74) is 7.02. The van der Waals surface area contributed by atoms with Gasteiger partial charge in [0.05, 0.1) is 5.56 Å². The molecule has 0 aromatic heterocycles. The predicted molar refractivity (Wildman–Crippen MR) is 83.1 cm³/mol. The lowest BCUT2D eigenvalue weighted by molar-refractivity contribution is 0.0999. The number of rotatable bonds is 3. The summed E-state index contributed by atoms with van der Waals surface area (Å²) in [6, 6.07) is 6.33. The van der Waals surface area contributed by atoms with Crippen LogP contribution < -0.4 is 16.0 Å². The number of anilines is 1. The van der Waals surface area contributed by atoms with E-state index < -0.39 is 0 Å². The molecule has 0 aliphatic carbocycles. The Labute approximate surface area is 127 Å². The molecule has 0 radical (unpaired) electrons. The normalized spacial score (nSPS) is 20.8. The second-order valence-electron chi connectivity index (χ2n) is 5.37. The maximum Gasteiger partial charge on any atom is 0.250 e. The maximum atomic E-state index is 11.6. The van der Waals surface area contributed by atoms with Crippen molar-refractivity contribution in [2.75, 3.05) is 44.2 Å². The maximum absolute atomic E-state index is 11.6. The summed E-state index contributed by atoms with van der Waals surface area (Å²) in [7, 11) is 0. The van der Waals surface area contributed by atoms with E-state index in [9.17, 15) is 4.79 Å². The molecule has 1 amide bonds. The molecule has 0 spiro atoms. The van der Waals surface area contributed by atoms with Gasteiger partial charge in [0.25, 0.3) is 5.91 Å². The number of primary amides is 1. The lowest BCUT2D eigenvalue weighted by Crippen LogP contribution is -2.63. The fourth-order valence-corrected chi connectivity index (χ4v) is 3.27. The van der Waals surface area contributed by atoms with E-state index in [1.807, 2.05) is 12.1 Å². The van der Waals surface area contributed by atoms with Crippen LogP contribution in [0.4, 0.5) is 5.69 Å². The molecule has 2 fully saturated rings. The summed E-state index contributed by atoms with van der Waals surface area (Å²) in [4.78, 5) is 16.3. The Morgan fingerprint density at radius 3 is 2.65 bits per heavy atom. The van der Waals surface area contributed by atoms with Crippen LogP contribution in [-0.2, 0) is 0 Å². The Morgan fingerprint density at radius 1 is 1.30 bits per heavy atom. The minimum atomic E-state index is -0.369. The summed E-state index contributed by atoms with van der Waals surface area (Å²) >= 11 is 3.39. The summed E-state index contributed by atoms with van der Waals surface area (Å²) in [5, 5.41) is 3.37. The van der Waals surface area contributed by atoms with Crippen LogP contribution in [0.3, 0.4) is 0 Å². The van der Waals surface area contributed by atoms with E-state index in [4.69, 9.17) is 5.73 Å². The van der Waals surface area contributed by atoms with Gasteiger partial charge in [0.1, 0.15) is 0 Å². The number of nitrogens with two attached hydrogens (primary N) is 1. The van der Waals surface area contributed by atoms with E-state index in [0.29, 0.717) is 11.6 Å². The summed E-state index contributed by atoms with van der Waals surface area (Å²) in [6.07, 6.45) is 0. The van der Waals surface area contributed by atoms with Gasteiger partial charge in [-0.3, -0.25) is 9.69 Å². The monoisotopic (exact) mass is 338 g/mol. The van der Waals surface area contributed by atoms with E-state index in [1.165, 1.54) is 0 Å². The van der Waals surface area contributed by atoms with Crippen LogP contribution in [0.5, 0.6) is 0 Å². The van der Waals surface area contributed by atoms with Crippen molar-refractivity contribution in [2.45, 2.75) is 6.04 Å². The number of piperazine rings is 1. The highest BCUT2D eigenvalue weighted by molar-refractivity contribution is 9.10. The van der Waals surface area contributed by atoms with Crippen LogP contribution in [0.25, 0.3) is 0 Å². The van der Waals surface area contributed by atoms with Crippen molar-refractivity contribution in [3.05, 3.63) is 28.2 Å². The van der Waals surface area contributed by atoms with Crippen molar-refractivity contribution in [3.63, 3.8) is 0 Å². The highest BCUT2D eigenvalue weighted by atomic mass is 79.9. The highest BCUT2D eigenvalue weighted by Gasteiger charge is 2.33. The second-order valence-corrected chi connectivity index (χ2v) is 6.29. The van der Waals surface area contributed by atoms with Crippen LogP contribution in [0.15, 0.2) is 22.7 Å². The van der Waals surface area contributed by atoms with Gasteiger partial charge in [-0.1, -0.05) is 15.9 Å². The molecular weight excluding hydrogens is 320 g/mol. The fourth-order valence-electron chi connectivity index (χ4n) is 2.91. The molecule has 5 nitrogen and oxygen atoms in total. The SMILES string of the molecule is NC(=O)c1cc(Br)ccc1N1CC(N2CCNCC2)C1. The summed E-state index contributed by atoms with van der Waals surface area (Å²) < 4.78 is 0.884. The molecule has 3 rings (SSSR count). The molecule has 6 heteroatoms. The van der Waals surface area contributed by atoms with Gasteiger partial charge in [-0.05, 0) is 18.2 Å². The first-order valence-corrected chi connectivity index (χ1v) is 7.73. The molecule has 2 aliphatic heterocycles. The minimum Gasteiger partial charge on any atom is -0.368 e. The Balaban J connectivity index is 1.68. The lowest BCUT2D eigenvalue weighted by atomic mass is 10.0.